The van der Waals surface area contributed by atoms with Gasteiger partial charge in [0.25, 0.3) is 0 Å². The Labute approximate surface area is 130 Å². The molecule has 2 unspecified atom stereocenters. The van der Waals surface area contributed by atoms with Crippen LogP contribution in [0.3, 0.4) is 0 Å². The van der Waals surface area contributed by atoms with E-state index < -0.39 is 0 Å². The molecule has 0 saturated carbocycles. The molecule has 1 nitrogen and oxygen atoms in total. The molecule has 0 N–H and O–H groups in total. The molecule has 21 heavy (non-hydrogen) atoms. The lowest BCUT2D eigenvalue weighted by molar-refractivity contribution is 0.144. The topological polar surface area (TPSA) is 9.23 Å². The molecule has 1 heteroatoms. The van der Waals surface area contributed by atoms with Gasteiger partial charge in [0.2, 0.25) is 0 Å². The zero-order valence-corrected chi connectivity index (χ0v) is 13.9. The summed E-state index contributed by atoms with van der Waals surface area (Å²) in [7, 11) is 0. The van der Waals surface area contributed by atoms with Crippen LogP contribution in [0.4, 0.5) is 0 Å². The third kappa shape index (κ3) is 5.32. The molecule has 116 valence electrons. The molecule has 0 aromatic rings. The smallest absolute Gasteiger partial charge is 0.0468 e. The number of ether oxygens (including phenoxy) is 1. The van der Waals surface area contributed by atoms with Crippen molar-refractivity contribution in [2.75, 3.05) is 13.2 Å². The zero-order valence-electron chi connectivity index (χ0n) is 13.9. The highest BCUT2D eigenvalue weighted by atomic mass is 16.5. The summed E-state index contributed by atoms with van der Waals surface area (Å²) in [5, 5.41) is 0. The highest BCUT2D eigenvalue weighted by molar-refractivity contribution is 5.49. The van der Waals surface area contributed by atoms with Crippen molar-refractivity contribution >= 4 is 0 Å². The van der Waals surface area contributed by atoms with Crippen LogP contribution < -0.4 is 0 Å². The average Bonchev–Trinajstić information content (AvgIpc) is 3.33. The molecule has 0 amide bonds. The molecule has 0 bridgehead atoms. The molecule has 0 radical (unpaired) electrons. The molecular formula is C20H30O. The fourth-order valence-electron chi connectivity index (χ4n) is 3.17. The largest absolute Gasteiger partial charge is 0.382 e. The van der Waals surface area contributed by atoms with Crippen LogP contribution in [0.5, 0.6) is 0 Å². The van der Waals surface area contributed by atoms with Crippen molar-refractivity contribution in [1.29, 1.82) is 0 Å². The summed E-state index contributed by atoms with van der Waals surface area (Å²) in [4.78, 5) is 0. The van der Waals surface area contributed by atoms with E-state index in [1.165, 1.54) is 31.3 Å². The van der Waals surface area contributed by atoms with Crippen LogP contribution in [0.25, 0.3) is 0 Å². The number of allylic oxidation sites excluding steroid dienone is 8. The lowest BCUT2D eigenvalue weighted by atomic mass is 9.84. The normalized spacial score (nSPS) is 22.8. The Morgan fingerprint density at radius 3 is 2.81 bits per heavy atom. The Bertz CT molecular complexity index is 450. The van der Waals surface area contributed by atoms with Crippen LogP contribution in [-0.4, -0.2) is 13.2 Å². The predicted molar refractivity (Wildman–Crippen MR) is 91.3 cm³/mol. The number of rotatable bonds is 9. The first-order valence-corrected chi connectivity index (χ1v) is 8.55. The Morgan fingerprint density at radius 2 is 2.24 bits per heavy atom. The number of hydrogen-bond acceptors (Lipinski definition) is 1. The van der Waals surface area contributed by atoms with Gasteiger partial charge in [-0.25, -0.2) is 0 Å². The molecule has 0 fully saturated rings. The van der Waals surface area contributed by atoms with E-state index in [1.54, 1.807) is 11.1 Å². The van der Waals surface area contributed by atoms with E-state index >= 15 is 0 Å². The Hall–Kier alpha value is -1.08. The monoisotopic (exact) mass is 286 g/mol. The molecule has 0 aromatic carbocycles. The first-order chi connectivity index (χ1) is 10.2. The first-order valence-electron chi connectivity index (χ1n) is 8.55. The van der Waals surface area contributed by atoms with Gasteiger partial charge in [-0.1, -0.05) is 42.9 Å². The molecular weight excluding hydrogens is 256 g/mol. The summed E-state index contributed by atoms with van der Waals surface area (Å²) in [5.74, 6) is 1.39. The van der Waals surface area contributed by atoms with E-state index in [-0.39, 0.29) is 0 Å². The minimum absolute atomic E-state index is 0.682. The summed E-state index contributed by atoms with van der Waals surface area (Å²) in [5.41, 5.74) is 4.62. The molecule has 0 saturated heterocycles. The van der Waals surface area contributed by atoms with E-state index in [9.17, 15) is 0 Å². The summed E-state index contributed by atoms with van der Waals surface area (Å²) >= 11 is 0. The minimum atomic E-state index is 0.682. The van der Waals surface area contributed by atoms with Crippen LogP contribution in [0, 0.1) is 11.8 Å². The quantitative estimate of drug-likeness (QED) is 0.395. The zero-order chi connectivity index (χ0) is 15.1. The second-order valence-corrected chi connectivity index (χ2v) is 6.25. The molecule has 2 aliphatic rings. The van der Waals surface area contributed by atoms with Crippen molar-refractivity contribution in [3.8, 4) is 0 Å². The van der Waals surface area contributed by atoms with Crippen LogP contribution in [0.1, 0.15) is 52.9 Å². The van der Waals surface area contributed by atoms with Crippen molar-refractivity contribution < 1.29 is 4.74 Å². The summed E-state index contributed by atoms with van der Waals surface area (Å²) in [6, 6.07) is 0. The van der Waals surface area contributed by atoms with E-state index in [1.807, 2.05) is 0 Å². The first kappa shape index (κ1) is 16.3. The third-order valence-corrected chi connectivity index (χ3v) is 4.59. The fraction of sp³-hybridized carbons (Fsp3) is 0.600. The highest BCUT2D eigenvalue weighted by Gasteiger charge is 2.18. The Balaban J connectivity index is 1.74. The van der Waals surface area contributed by atoms with E-state index in [2.05, 4.69) is 51.2 Å². The van der Waals surface area contributed by atoms with Crippen molar-refractivity contribution in [3.63, 3.8) is 0 Å². The van der Waals surface area contributed by atoms with Gasteiger partial charge < -0.3 is 4.74 Å². The van der Waals surface area contributed by atoms with Gasteiger partial charge >= 0.3 is 0 Å². The van der Waals surface area contributed by atoms with Crippen LogP contribution in [0.15, 0.2) is 47.1 Å². The summed E-state index contributed by atoms with van der Waals surface area (Å²) < 4.78 is 5.45. The lowest BCUT2D eigenvalue weighted by Crippen LogP contribution is -2.09. The molecule has 2 rings (SSSR count). The molecule has 0 spiro atoms. The van der Waals surface area contributed by atoms with Crippen LogP contribution in [-0.2, 0) is 4.74 Å². The van der Waals surface area contributed by atoms with Crippen LogP contribution >= 0.6 is 0 Å². The average molecular weight is 286 g/mol. The van der Waals surface area contributed by atoms with Crippen molar-refractivity contribution in [2.45, 2.75) is 52.9 Å². The van der Waals surface area contributed by atoms with Crippen molar-refractivity contribution in [1.82, 2.24) is 0 Å². The highest BCUT2D eigenvalue weighted by Crippen LogP contribution is 2.34. The van der Waals surface area contributed by atoms with Gasteiger partial charge in [-0.05, 0) is 68.9 Å². The van der Waals surface area contributed by atoms with Gasteiger partial charge in [-0.3, -0.25) is 0 Å². The van der Waals surface area contributed by atoms with E-state index in [0.29, 0.717) is 11.8 Å². The maximum atomic E-state index is 5.45. The molecule has 2 atom stereocenters. The standard InChI is InChI=1S/C20H30O/c1-4-18(7-6-14-21-5-2)16(3)15-17-8-10-19(11-9-17)20-12-13-20/h4,8,10-12,16-17H,5-7,9,13-15H2,1-3H3/b18-4-. The molecule has 0 aromatic heterocycles. The van der Waals surface area contributed by atoms with Gasteiger partial charge in [-0.2, -0.15) is 0 Å². The summed E-state index contributed by atoms with van der Waals surface area (Å²) in [6.45, 7) is 8.35. The summed E-state index contributed by atoms with van der Waals surface area (Å²) in [6.07, 6.45) is 17.9. The van der Waals surface area contributed by atoms with Gasteiger partial charge in [0.15, 0.2) is 0 Å². The Morgan fingerprint density at radius 1 is 1.43 bits per heavy atom. The van der Waals surface area contributed by atoms with E-state index in [4.69, 9.17) is 4.74 Å². The van der Waals surface area contributed by atoms with Crippen molar-refractivity contribution in [2.24, 2.45) is 11.8 Å². The van der Waals surface area contributed by atoms with E-state index in [0.717, 1.165) is 19.6 Å². The second-order valence-electron chi connectivity index (χ2n) is 6.25. The van der Waals surface area contributed by atoms with Gasteiger partial charge in [0.1, 0.15) is 0 Å². The maximum absolute atomic E-state index is 5.45. The third-order valence-electron chi connectivity index (χ3n) is 4.59. The molecule has 0 heterocycles. The number of hydrogen-bond donors (Lipinski definition) is 0. The predicted octanol–water partition coefficient (Wildman–Crippen LogP) is 5.61. The van der Waals surface area contributed by atoms with Gasteiger partial charge in [0, 0.05) is 13.2 Å². The second kappa shape index (κ2) is 8.38. The Kier molecular flexibility index (Phi) is 6.50. The van der Waals surface area contributed by atoms with Gasteiger partial charge in [-0.15, -0.1) is 0 Å². The van der Waals surface area contributed by atoms with Gasteiger partial charge in [0.05, 0.1) is 0 Å². The SMILES string of the molecule is C/C=C(/CCCOCC)C(C)CC1C=CC(C2=CC2)=CC1. The maximum Gasteiger partial charge on any atom is 0.0468 e. The van der Waals surface area contributed by atoms with Crippen molar-refractivity contribution in [3.05, 3.63) is 47.1 Å². The lowest BCUT2D eigenvalue weighted by Gasteiger charge is -2.22. The molecule has 2 aliphatic carbocycles. The fourth-order valence-corrected chi connectivity index (χ4v) is 3.17. The van der Waals surface area contributed by atoms with Crippen LogP contribution in [0.2, 0.25) is 0 Å². The molecule has 0 aliphatic heterocycles. The minimum Gasteiger partial charge on any atom is -0.382 e.